The number of aromatic amines is 1. The van der Waals surface area contributed by atoms with Crippen LogP contribution in [-0.2, 0) is 6.42 Å². The number of anilines is 1. The van der Waals surface area contributed by atoms with Crippen LogP contribution in [0.15, 0.2) is 41.7 Å². The van der Waals surface area contributed by atoms with Crippen molar-refractivity contribution in [2.45, 2.75) is 6.42 Å². The number of aliphatic imine (C=N–C) groups is 1. The second-order valence-corrected chi connectivity index (χ2v) is 4.86. The molecular weight excluding hydrogens is 260 g/mol. The number of hydrogen-bond donors (Lipinski definition) is 3. The van der Waals surface area contributed by atoms with Crippen LogP contribution in [0.25, 0.3) is 10.6 Å². The van der Waals surface area contributed by atoms with Gasteiger partial charge >= 0.3 is 0 Å². The van der Waals surface area contributed by atoms with Crippen LogP contribution in [0.1, 0.15) is 4.88 Å². The fourth-order valence-corrected chi connectivity index (χ4v) is 2.41. The zero-order chi connectivity index (χ0) is 13.7. The third-order valence-corrected chi connectivity index (χ3v) is 3.45. The van der Waals surface area contributed by atoms with Gasteiger partial charge in [-0.2, -0.15) is 10.3 Å². The Bertz CT molecular complexity index is 622. The zero-order valence-electron chi connectivity index (χ0n) is 10.2. The molecule has 0 aromatic carbocycles. The van der Waals surface area contributed by atoms with Gasteiger partial charge in [-0.3, -0.25) is 4.99 Å². The van der Waals surface area contributed by atoms with Crippen LogP contribution in [0.5, 0.6) is 0 Å². The van der Waals surface area contributed by atoms with E-state index in [1.165, 1.54) is 6.20 Å². The molecule has 6 nitrogen and oxygen atoms in total. The Morgan fingerprint density at radius 2 is 2.32 bits per heavy atom. The number of nitrogen functional groups attached to an aromatic ring is 1. The molecule has 5 N–H and O–H groups in total. The smallest absolute Gasteiger partial charge is 0.174 e. The maximum Gasteiger partial charge on any atom is 0.174 e. The normalized spacial score (nSPS) is 12.1. The predicted octanol–water partition coefficient (Wildman–Crippen LogP) is 1.71. The van der Waals surface area contributed by atoms with E-state index in [2.05, 4.69) is 27.0 Å². The van der Waals surface area contributed by atoms with Crippen LogP contribution < -0.4 is 11.5 Å². The van der Waals surface area contributed by atoms with Gasteiger partial charge in [0.1, 0.15) is 5.69 Å². The summed E-state index contributed by atoms with van der Waals surface area (Å²) in [6.45, 7) is 3.48. The number of rotatable bonds is 5. The van der Waals surface area contributed by atoms with Gasteiger partial charge in [0.25, 0.3) is 0 Å². The van der Waals surface area contributed by atoms with Crippen molar-refractivity contribution in [3.8, 4) is 10.6 Å². The molecule has 0 atom stereocenters. The molecule has 0 aliphatic carbocycles. The molecule has 0 aliphatic heterocycles. The molecule has 98 valence electrons. The lowest BCUT2D eigenvalue weighted by molar-refractivity contribution is 0.946. The Morgan fingerprint density at radius 3 is 3.00 bits per heavy atom. The standard InChI is InChI=1S/C12H14N6S/c1-2-15-7-8(13)3-4-9-5-6-10(19-9)11-12(14)17-18-16-11/h2-3,5-7H,1,4,13H2,(H3,14,16,17,18)/b8-3+,15-7-. The van der Waals surface area contributed by atoms with Crippen LogP contribution in [0.3, 0.4) is 0 Å². The number of thiophene rings is 1. The quantitative estimate of drug-likeness (QED) is 0.721. The van der Waals surface area contributed by atoms with E-state index in [4.69, 9.17) is 11.5 Å². The van der Waals surface area contributed by atoms with Crippen molar-refractivity contribution >= 4 is 23.4 Å². The molecule has 0 bridgehead atoms. The summed E-state index contributed by atoms with van der Waals surface area (Å²) in [6, 6.07) is 3.98. The van der Waals surface area contributed by atoms with Crippen molar-refractivity contribution in [1.82, 2.24) is 15.4 Å². The van der Waals surface area contributed by atoms with Crippen molar-refractivity contribution in [3.05, 3.63) is 41.6 Å². The first-order valence-electron chi connectivity index (χ1n) is 5.55. The summed E-state index contributed by atoms with van der Waals surface area (Å²) in [4.78, 5) is 5.99. The predicted molar refractivity (Wildman–Crippen MR) is 78.8 cm³/mol. The van der Waals surface area contributed by atoms with Crippen molar-refractivity contribution in [2.75, 3.05) is 5.73 Å². The summed E-state index contributed by atoms with van der Waals surface area (Å²) in [5, 5.41) is 10.3. The highest BCUT2D eigenvalue weighted by Gasteiger charge is 2.09. The van der Waals surface area contributed by atoms with E-state index < -0.39 is 0 Å². The van der Waals surface area contributed by atoms with Crippen LogP contribution in [0, 0.1) is 0 Å². The van der Waals surface area contributed by atoms with Gasteiger partial charge in [-0.05, 0) is 12.1 Å². The Balaban J connectivity index is 2.08. The minimum absolute atomic E-state index is 0.404. The molecule has 2 aromatic rings. The Kier molecular flexibility index (Phi) is 4.09. The molecule has 0 aliphatic rings. The maximum atomic E-state index is 5.75. The van der Waals surface area contributed by atoms with Gasteiger partial charge < -0.3 is 11.5 Å². The molecule has 2 rings (SSSR count). The van der Waals surface area contributed by atoms with E-state index in [1.807, 2.05) is 18.2 Å². The van der Waals surface area contributed by atoms with Crippen molar-refractivity contribution in [2.24, 2.45) is 10.7 Å². The SMILES string of the molecule is C=C/N=C\C(N)=C/Cc1ccc(-c2n[nH]nc2N)s1. The highest BCUT2D eigenvalue weighted by Crippen LogP contribution is 2.29. The summed E-state index contributed by atoms with van der Waals surface area (Å²) in [5.41, 5.74) is 12.7. The van der Waals surface area contributed by atoms with Gasteiger partial charge in [0.05, 0.1) is 4.88 Å². The van der Waals surface area contributed by atoms with Gasteiger partial charge in [0.15, 0.2) is 5.82 Å². The number of nitrogens with zero attached hydrogens (tertiary/aromatic N) is 3. The first-order valence-corrected chi connectivity index (χ1v) is 6.37. The second kappa shape index (κ2) is 5.96. The summed E-state index contributed by atoms with van der Waals surface area (Å²) >= 11 is 1.60. The van der Waals surface area contributed by atoms with Crippen LogP contribution in [0.2, 0.25) is 0 Å². The number of nitrogens with two attached hydrogens (primary N) is 2. The molecule has 0 unspecified atom stereocenters. The number of aromatic nitrogens is 3. The number of nitrogens with one attached hydrogen (secondary N) is 1. The third kappa shape index (κ3) is 3.29. The van der Waals surface area contributed by atoms with Gasteiger partial charge in [-0.25, -0.2) is 0 Å². The Hall–Kier alpha value is -2.41. The van der Waals surface area contributed by atoms with Crippen LogP contribution >= 0.6 is 11.3 Å². The average Bonchev–Trinajstić information content (AvgIpc) is 3.02. The molecule has 2 heterocycles. The summed E-state index contributed by atoms with van der Waals surface area (Å²) in [6.07, 6.45) is 5.64. The number of allylic oxidation sites excluding steroid dienone is 2. The van der Waals surface area contributed by atoms with Crippen molar-refractivity contribution in [3.63, 3.8) is 0 Å². The largest absolute Gasteiger partial charge is 0.398 e. The van der Waals surface area contributed by atoms with E-state index in [0.717, 1.165) is 16.2 Å². The summed E-state index contributed by atoms with van der Waals surface area (Å²) in [7, 11) is 0. The zero-order valence-corrected chi connectivity index (χ0v) is 11.0. The minimum atomic E-state index is 0.404. The summed E-state index contributed by atoms with van der Waals surface area (Å²) in [5.74, 6) is 0.404. The fraction of sp³-hybridized carbons (Fsp3) is 0.0833. The highest BCUT2D eigenvalue weighted by molar-refractivity contribution is 7.15. The molecule has 0 saturated heterocycles. The first kappa shape index (κ1) is 13.0. The monoisotopic (exact) mass is 274 g/mol. The maximum absolute atomic E-state index is 5.75. The van der Waals surface area contributed by atoms with E-state index in [-0.39, 0.29) is 0 Å². The molecule has 0 spiro atoms. The summed E-state index contributed by atoms with van der Waals surface area (Å²) < 4.78 is 0. The van der Waals surface area contributed by atoms with Gasteiger partial charge in [-0.1, -0.05) is 12.7 Å². The first-order chi connectivity index (χ1) is 9.20. The van der Waals surface area contributed by atoms with Gasteiger partial charge in [0, 0.05) is 29.4 Å². The highest BCUT2D eigenvalue weighted by atomic mass is 32.1. The molecule has 0 fully saturated rings. The second-order valence-electron chi connectivity index (χ2n) is 3.69. The molecule has 0 saturated carbocycles. The number of H-pyrrole nitrogens is 1. The van der Waals surface area contributed by atoms with Crippen LogP contribution in [0.4, 0.5) is 5.82 Å². The topological polar surface area (TPSA) is 106 Å². The lowest BCUT2D eigenvalue weighted by atomic mass is 10.3. The van der Waals surface area contributed by atoms with E-state index in [1.54, 1.807) is 17.6 Å². The fourth-order valence-electron chi connectivity index (χ4n) is 1.45. The lowest BCUT2D eigenvalue weighted by Crippen LogP contribution is -1.98. The van der Waals surface area contributed by atoms with Crippen molar-refractivity contribution < 1.29 is 0 Å². The molecule has 2 aromatic heterocycles. The van der Waals surface area contributed by atoms with E-state index >= 15 is 0 Å². The molecule has 0 amide bonds. The van der Waals surface area contributed by atoms with Crippen LogP contribution in [-0.4, -0.2) is 21.6 Å². The molecular formula is C12H14N6S. The van der Waals surface area contributed by atoms with Gasteiger partial charge in [0.2, 0.25) is 0 Å². The number of hydrogen-bond acceptors (Lipinski definition) is 6. The van der Waals surface area contributed by atoms with Gasteiger partial charge in [-0.15, -0.1) is 16.4 Å². The molecule has 7 heteroatoms. The van der Waals surface area contributed by atoms with E-state index in [0.29, 0.717) is 17.2 Å². The Morgan fingerprint density at radius 1 is 1.47 bits per heavy atom. The van der Waals surface area contributed by atoms with Crippen molar-refractivity contribution in [1.29, 1.82) is 0 Å². The molecule has 19 heavy (non-hydrogen) atoms. The third-order valence-electron chi connectivity index (χ3n) is 2.34. The average molecular weight is 274 g/mol. The minimum Gasteiger partial charge on any atom is -0.398 e. The Labute approximate surface area is 114 Å². The van der Waals surface area contributed by atoms with E-state index in [9.17, 15) is 0 Å². The molecule has 0 radical (unpaired) electrons. The lowest BCUT2D eigenvalue weighted by Gasteiger charge is -1.92.